The van der Waals surface area contributed by atoms with Crippen molar-refractivity contribution in [2.75, 3.05) is 19.7 Å². The minimum atomic E-state index is -1.10. The van der Waals surface area contributed by atoms with Gasteiger partial charge in [0.1, 0.15) is 12.6 Å². The Morgan fingerprint density at radius 3 is 2.39 bits per heavy atom. The molecule has 0 unspecified atom stereocenters. The predicted molar refractivity (Wildman–Crippen MR) is 138 cm³/mol. The Balaban J connectivity index is 0.00000456. The zero-order chi connectivity index (χ0) is 25.4. The highest BCUT2D eigenvalue weighted by atomic mass is 16.6. The number of fused-ring (bicyclic) bond motifs is 1. The van der Waals surface area contributed by atoms with Gasteiger partial charge in [0, 0.05) is 13.1 Å². The number of carbonyl (C=O) groups excluding carboxylic acids is 2. The van der Waals surface area contributed by atoms with Gasteiger partial charge in [-0.2, -0.15) is 0 Å². The number of amides is 2. The van der Waals surface area contributed by atoms with Crippen molar-refractivity contribution in [3.05, 3.63) is 65.6 Å². The molecule has 0 fully saturated rings. The van der Waals surface area contributed by atoms with Crippen LogP contribution in [0.1, 0.15) is 58.2 Å². The number of aromatic nitrogens is 3. The Labute approximate surface area is 212 Å². The van der Waals surface area contributed by atoms with E-state index < -0.39 is 17.7 Å². The van der Waals surface area contributed by atoms with E-state index in [1.807, 2.05) is 56.3 Å². The molecular formula is C26H38N6O4. The van der Waals surface area contributed by atoms with Crippen LogP contribution in [0.25, 0.3) is 5.65 Å². The molecule has 10 heteroatoms. The molecule has 10 nitrogen and oxygen atoms in total. The van der Waals surface area contributed by atoms with Crippen LogP contribution in [-0.4, -0.2) is 56.7 Å². The first kappa shape index (κ1) is 28.7. The Hall–Kier alpha value is -3.50. The van der Waals surface area contributed by atoms with Crippen LogP contribution >= 0.6 is 0 Å². The van der Waals surface area contributed by atoms with Gasteiger partial charge in [0.25, 0.3) is 0 Å². The van der Waals surface area contributed by atoms with Crippen molar-refractivity contribution < 1.29 is 19.1 Å². The topological polar surface area (TPSA) is 124 Å². The van der Waals surface area contributed by atoms with Gasteiger partial charge in [-0.3, -0.25) is 9.20 Å². The minimum Gasteiger partial charge on any atom is -0.443 e. The molecule has 3 N–H and O–H groups in total. The molecule has 196 valence electrons. The van der Waals surface area contributed by atoms with E-state index in [2.05, 4.69) is 15.5 Å². The summed E-state index contributed by atoms with van der Waals surface area (Å²) in [6.45, 7) is 8.68. The fourth-order valence-electron chi connectivity index (χ4n) is 3.47. The third kappa shape index (κ3) is 7.25. The van der Waals surface area contributed by atoms with Crippen LogP contribution in [0.3, 0.4) is 0 Å². The molecule has 0 saturated carbocycles. The van der Waals surface area contributed by atoms with Crippen LogP contribution in [0.4, 0.5) is 4.79 Å². The molecule has 0 aliphatic rings. The Kier molecular flexibility index (Phi) is 10.4. The van der Waals surface area contributed by atoms with Crippen molar-refractivity contribution >= 4 is 17.6 Å². The molecule has 0 aliphatic carbocycles. The fourth-order valence-corrected chi connectivity index (χ4v) is 3.47. The molecular weight excluding hydrogens is 460 g/mol. The van der Waals surface area contributed by atoms with E-state index >= 15 is 0 Å². The molecule has 0 radical (unpaired) electrons. The van der Waals surface area contributed by atoms with Gasteiger partial charge in [0.15, 0.2) is 11.5 Å². The first-order valence-corrected chi connectivity index (χ1v) is 11.7. The molecule has 1 aromatic carbocycles. The third-order valence-corrected chi connectivity index (χ3v) is 5.50. The lowest BCUT2D eigenvalue weighted by atomic mass is 10.1. The van der Waals surface area contributed by atoms with Gasteiger partial charge in [-0.25, -0.2) is 4.79 Å². The lowest BCUT2D eigenvalue weighted by Crippen LogP contribution is -2.51. The second-order valence-corrected chi connectivity index (χ2v) is 8.74. The summed E-state index contributed by atoms with van der Waals surface area (Å²) in [5.41, 5.74) is 7.16. The third-order valence-electron chi connectivity index (χ3n) is 5.50. The summed E-state index contributed by atoms with van der Waals surface area (Å²) >= 11 is 0. The average Bonchev–Trinajstić information content (AvgIpc) is 3.27. The second-order valence-electron chi connectivity index (χ2n) is 8.74. The number of hydrogen-bond donors (Lipinski definition) is 2. The molecule has 2 aromatic heterocycles. The summed E-state index contributed by atoms with van der Waals surface area (Å²) in [6, 6.07) is 14.5. The molecule has 0 saturated heterocycles. The van der Waals surface area contributed by atoms with Gasteiger partial charge in [0.2, 0.25) is 5.91 Å². The maximum Gasteiger partial charge on any atom is 0.410 e. The number of carbonyl (C=O) groups is 2. The molecule has 1 atom stereocenters. The molecule has 2 heterocycles. The van der Waals surface area contributed by atoms with Crippen molar-refractivity contribution in [1.29, 1.82) is 0 Å². The molecule has 36 heavy (non-hydrogen) atoms. The largest absolute Gasteiger partial charge is 0.443 e. The zero-order valence-corrected chi connectivity index (χ0v) is 20.7. The molecule has 3 rings (SSSR count). The van der Waals surface area contributed by atoms with E-state index in [0.29, 0.717) is 36.9 Å². The maximum atomic E-state index is 12.8. The molecule has 0 bridgehead atoms. The highest BCUT2D eigenvalue weighted by molar-refractivity contribution is 5.85. The first-order chi connectivity index (χ1) is 16.7. The van der Waals surface area contributed by atoms with E-state index in [4.69, 9.17) is 15.2 Å². The monoisotopic (exact) mass is 498 g/mol. The maximum absolute atomic E-state index is 12.8. The first-order valence-electron chi connectivity index (χ1n) is 11.7. The minimum absolute atomic E-state index is 0. The van der Waals surface area contributed by atoms with Crippen molar-refractivity contribution in [3.8, 4) is 0 Å². The molecule has 3 aromatic rings. The smallest absolute Gasteiger partial charge is 0.410 e. The van der Waals surface area contributed by atoms with Gasteiger partial charge >= 0.3 is 6.09 Å². The molecule has 0 aliphatic heterocycles. The number of ether oxygens (including phenoxy) is 2. The van der Waals surface area contributed by atoms with E-state index in [9.17, 15) is 9.59 Å². The summed E-state index contributed by atoms with van der Waals surface area (Å²) in [5.74, 6) is 0.105. The summed E-state index contributed by atoms with van der Waals surface area (Å²) in [6.07, 6.45) is -0.400. The van der Waals surface area contributed by atoms with Crippen molar-refractivity contribution in [3.63, 3.8) is 0 Å². The number of nitrogens with zero attached hydrogens (tertiary/aromatic N) is 4. The van der Waals surface area contributed by atoms with Gasteiger partial charge < -0.3 is 25.4 Å². The number of rotatable bonds is 11. The lowest BCUT2D eigenvalue weighted by molar-refractivity contribution is -0.126. The number of nitrogens with one attached hydrogen (secondary N) is 1. The van der Waals surface area contributed by atoms with Crippen LogP contribution < -0.4 is 11.1 Å². The summed E-state index contributed by atoms with van der Waals surface area (Å²) < 4.78 is 13.2. The van der Waals surface area contributed by atoms with E-state index in [1.165, 1.54) is 0 Å². The SMILES string of the molecule is C.CCN(CC)C(=O)OCc1cccc2nnc([C@@H](COCc3ccccc3)NC(=O)C(C)(C)N)n12. The number of nitrogens with two attached hydrogens (primary N) is 1. The highest BCUT2D eigenvalue weighted by Crippen LogP contribution is 2.19. The van der Waals surface area contributed by atoms with E-state index in [1.54, 1.807) is 29.2 Å². The normalized spacial score (nSPS) is 12.0. The van der Waals surface area contributed by atoms with Crippen LogP contribution in [0.5, 0.6) is 0 Å². The van der Waals surface area contributed by atoms with Crippen molar-refractivity contribution in [1.82, 2.24) is 24.8 Å². The number of hydrogen-bond acceptors (Lipinski definition) is 7. The summed E-state index contributed by atoms with van der Waals surface area (Å²) in [4.78, 5) is 26.7. The van der Waals surface area contributed by atoms with Crippen LogP contribution in [0.15, 0.2) is 48.5 Å². The van der Waals surface area contributed by atoms with Crippen LogP contribution in [0, 0.1) is 0 Å². The van der Waals surface area contributed by atoms with Gasteiger partial charge in [-0.1, -0.05) is 43.8 Å². The Bertz CT molecular complexity index is 1120. The van der Waals surface area contributed by atoms with E-state index in [-0.39, 0.29) is 26.5 Å². The fraction of sp³-hybridized carbons (Fsp3) is 0.462. The highest BCUT2D eigenvalue weighted by Gasteiger charge is 2.28. The average molecular weight is 499 g/mol. The number of benzene rings is 1. The summed E-state index contributed by atoms with van der Waals surface area (Å²) in [5, 5.41) is 11.5. The quantitative estimate of drug-likeness (QED) is 0.415. The van der Waals surface area contributed by atoms with Gasteiger partial charge in [-0.15, -0.1) is 10.2 Å². The second kappa shape index (κ2) is 13.0. The number of pyridine rings is 1. The van der Waals surface area contributed by atoms with Gasteiger partial charge in [0.05, 0.1) is 24.4 Å². The van der Waals surface area contributed by atoms with Crippen molar-refractivity contribution in [2.24, 2.45) is 5.73 Å². The zero-order valence-electron chi connectivity index (χ0n) is 20.7. The van der Waals surface area contributed by atoms with Gasteiger partial charge in [-0.05, 0) is 45.4 Å². The van der Waals surface area contributed by atoms with E-state index in [0.717, 1.165) is 5.56 Å². The molecule has 0 spiro atoms. The van der Waals surface area contributed by atoms with Crippen molar-refractivity contribution in [2.45, 2.75) is 59.9 Å². The predicted octanol–water partition coefficient (Wildman–Crippen LogP) is 3.46. The van der Waals surface area contributed by atoms with Crippen LogP contribution in [-0.2, 0) is 27.5 Å². The Morgan fingerprint density at radius 2 is 1.75 bits per heavy atom. The lowest BCUT2D eigenvalue weighted by Gasteiger charge is -2.24. The standard InChI is InChI=1S/C25H34N6O4.CH4/c1-5-30(6-2)24(33)35-16-19-13-10-14-21-28-29-22(31(19)21)20(27-23(32)25(3,4)26)17-34-15-18-11-8-7-9-12-18;/h7-14,20H,5-6,15-17,26H2,1-4H3,(H,27,32);1H4/t20-;/m1./s1. The Morgan fingerprint density at radius 1 is 1.06 bits per heavy atom. The van der Waals surface area contributed by atoms with Crippen LogP contribution in [0.2, 0.25) is 0 Å². The molecule has 2 amide bonds. The summed E-state index contributed by atoms with van der Waals surface area (Å²) in [7, 11) is 0.